The van der Waals surface area contributed by atoms with Gasteiger partial charge in [0.15, 0.2) is 0 Å². The van der Waals surface area contributed by atoms with Crippen LogP contribution in [-0.4, -0.2) is 6.85 Å². The largest absolute Gasteiger partial charge is 0.427 e. The maximum Gasteiger partial charge on any atom is 0.312 e. The van der Waals surface area contributed by atoms with Crippen molar-refractivity contribution in [2.24, 2.45) is 0 Å². The third-order valence-corrected chi connectivity index (χ3v) is 1.95. The van der Waals surface area contributed by atoms with Gasteiger partial charge in [-0.3, -0.25) is 0 Å². The first kappa shape index (κ1) is 7.23. The van der Waals surface area contributed by atoms with Gasteiger partial charge in [-0.05, 0) is 12.3 Å². The SMILES string of the molecule is C1=CNB(c2ccccc2)C=C1. The van der Waals surface area contributed by atoms with Crippen LogP contribution in [0.15, 0.2) is 54.7 Å². The van der Waals surface area contributed by atoms with Gasteiger partial charge < -0.3 is 5.23 Å². The molecular weight excluding hydrogens is 145 g/mol. The van der Waals surface area contributed by atoms with Crippen molar-refractivity contribution in [3.05, 3.63) is 54.7 Å². The molecule has 0 saturated carbocycles. The van der Waals surface area contributed by atoms with E-state index < -0.39 is 0 Å². The molecule has 2 rings (SSSR count). The third-order valence-electron chi connectivity index (χ3n) is 1.95. The van der Waals surface area contributed by atoms with Crippen molar-refractivity contribution in [1.82, 2.24) is 5.23 Å². The smallest absolute Gasteiger partial charge is 0.312 e. The van der Waals surface area contributed by atoms with Crippen molar-refractivity contribution in [3.63, 3.8) is 0 Å². The molecule has 0 unspecified atom stereocenters. The van der Waals surface area contributed by atoms with Crippen LogP contribution in [0.5, 0.6) is 0 Å². The fourth-order valence-electron chi connectivity index (χ4n) is 1.31. The Morgan fingerprint density at radius 3 is 2.50 bits per heavy atom. The molecule has 0 saturated heterocycles. The van der Waals surface area contributed by atoms with E-state index in [1.165, 1.54) is 5.46 Å². The second-order valence-electron chi connectivity index (χ2n) is 2.80. The Balaban J connectivity index is 2.21. The van der Waals surface area contributed by atoms with E-state index in [-0.39, 0.29) is 0 Å². The molecule has 1 N–H and O–H groups in total. The number of rotatable bonds is 1. The molecule has 0 radical (unpaired) electrons. The van der Waals surface area contributed by atoms with Crippen LogP contribution in [0.25, 0.3) is 0 Å². The summed E-state index contributed by atoms with van der Waals surface area (Å²) >= 11 is 0. The normalized spacial score (nSPS) is 14.5. The van der Waals surface area contributed by atoms with E-state index in [1.54, 1.807) is 0 Å². The molecule has 0 aromatic heterocycles. The molecule has 12 heavy (non-hydrogen) atoms. The second-order valence-corrected chi connectivity index (χ2v) is 2.80. The first-order valence-corrected chi connectivity index (χ1v) is 4.11. The summed E-state index contributed by atoms with van der Waals surface area (Å²) < 4.78 is 0. The van der Waals surface area contributed by atoms with E-state index in [0.717, 1.165) is 0 Å². The number of hydrogen-bond donors (Lipinski definition) is 1. The summed E-state index contributed by atoms with van der Waals surface area (Å²) in [4.78, 5) is 0. The fourth-order valence-corrected chi connectivity index (χ4v) is 1.31. The molecule has 0 bridgehead atoms. The first-order valence-electron chi connectivity index (χ1n) is 4.11. The van der Waals surface area contributed by atoms with Gasteiger partial charge in [-0.15, -0.1) is 0 Å². The molecule has 0 fully saturated rings. The predicted octanol–water partition coefficient (Wildman–Crippen LogP) is 1.10. The quantitative estimate of drug-likeness (QED) is 0.598. The van der Waals surface area contributed by atoms with Crippen LogP contribution >= 0.6 is 0 Å². The van der Waals surface area contributed by atoms with Gasteiger partial charge in [0.05, 0.1) is 0 Å². The predicted molar refractivity (Wildman–Crippen MR) is 53.2 cm³/mol. The molecule has 0 aliphatic carbocycles. The van der Waals surface area contributed by atoms with Crippen molar-refractivity contribution in [1.29, 1.82) is 0 Å². The minimum absolute atomic E-state index is 0.344. The lowest BCUT2D eigenvalue weighted by molar-refractivity contribution is 1.32. The Kier molecular flexibility index (Phi) is 1.99. The van der Waals surface area contributed by atoms with Gasteiger partial charge >= 0.3 is 6.85 Å². The van der Waals surface area contributed by atoms with Crippen LogP contribution in [0.4, 0.5) is 0 Å². The maximum absolute atomic E-state index is 3.27. The Hall–Kier alpha value is -1.44. The van der Waals surface area contributed by atoms with E-state index >= 15 is 0 Å². The minimum atomic E-state index is 0.344. The summed E-state index contributed by atoms with van der Waals surface area (Å²) in [7, 11) is 0. The highest BCUT2D eigenvalue weighted by atomic mass is 14.7. The number of hydrogen-bond acceptors (Lipinski definition) is 1. The molecule has 0 spiro atoms. The van der Waals surface area contributed by atoms with Gasteiger partial charge in [0.1, 0.15) is 0 Å². The lowest BCUT2D eigenvalue weighted by Crippen LogP contribution is -2.41. The van der Waals surface area contributed by atoms with Gasteiger partial charge in [-0.2, -0.15) is 0 Å². The third kappa shape index (κ3) is 1.42. The van der Waals surface area contributed by atoms with Crippen molar-refractivity contribution in [2.75, 3.05) is 0 Å². The van der Waals surface area contributed by atoms with E-state index in [2.05, 4.69) is 41.5 Å². The van der Waals surface area contributed by atoms with Crippen LogP contribution in [0.3, 0.4) is 0 Å². The zero-order valence-corrected chi connectivity index (χ0v) is 6.77. The monoisotopic (exact) mass is 155 g/mol. The highest BCUT2D eigenvalue weighted by Crippen LogP contribution is 1.92. The molecule has 1 heterocycles. The van der Waals surface area contributed by atoms with Gasteiger partial charge in [-0.25, -0.2) is 0 Å². The standard InChI is InChI=1S/C10H10BN/c1-2-6-10(7-3-1)11-8-4-5-9-12-11/h1-9,12H. The topological polar surface area (TPSA) is 12.0 Å². The van der Waals surface area contributed by atoms with Crippen LogP contribution in [0.2, 0.25) is 0 Å². The molecule has 1 nitrogen and oxygen atoms in total. The fraction of sp³-hybridized carbons (Fsp3) is 0. The Bertz CT molecular complexity index is 303. The second kappa shape index (κ2) is 3.31. The lowest BCUT2D eigenvalue weighted by atomic mass is 9.55. The van der Waals surface area contributed by atoms with E-state index in [4.69, 9.17) is 0 Å². The number of benzene rings is 1. The summed E-state index contributed by atoms with van der Waals surface area (Å²) in [6.45, 7) is 0.344. The van der Waals surface area contributed by atoms with Crippen LogP contribution in [0.1, 0.15) is 0 Å². The van der Waals surface area contributed by atoms with Crippen molar-refractivity contribution in [3.8, 4) is 0 Å². The van der Waals surface area contributed by atoms with Gasteiger partial charge in [-0.1, -0.05) is 47.8 Å². The molecule has 1 aliphatic rings. The van der Waals surface area contributed by atoms with E-state index in [0.29, 0.717) is 6.85 Å². The summed E-state index contributed by atoms with van der Waals surface area (Å²) in [6.07, 6.45) is 6.03. The first-order chi connectivity index (χ1) is 5.97. The molecule has 1 aromatic carbocycles. The average molecular weight is 155 g/mol. The van der Waals surface area contributed by atoms with Gasteiger partial charge in [0.25, 0.3) is 0 Å². The number of nitrogens with one attached hydrogen (secondary N) is 1. The zero-order valence-electron chi connectivity index (χ0n) is 6.77. The minimum Gasteiger partial charge on any atom is -0.427 e. The number of allylic oxidation sites excluding steroid dienone is 2. The molecule has 0 amide bonds. The van der Waals surface area contributed by atoms with Crippen LogP contribution in [-0.2, 0) is 0 Å². The van der Waals surface area contributed by atoms with Crippen molar-refractivity contribution in [2.45, 2.75) is 0 Å². The highest BCUT2D eigenvalue weighted by molar-refractivity contribution is 6.76. The molecule has 1 aromatic rings. The van der Waals surface area contributed by atoms with Gasteiger partial charge in [0.2, 0.25) is 0 Å². The maximum atomic E-state index is 3.27. The van der Waals surface area contributed by atoms with Crippen LogP contribution in [0, 0.1) is 0 Å². The highest BCUT2D eigenvalue weighted by Gasteiger charge is 2.11. The van der Waals surface area contributed by atoms with Crippen LogP contribution < -0.4 is 10.7 Å². The zero-order chi connectivity index (χ0) is 8.23. The molecule has 2 heteroatoms. The van der Waals surface area contributed by atoms with E-state index in [1.807, 2.05) is 18.3 Å². The average Bonchev–Trinajstić information content (AvgIpc) is 2.21. The summed E-state index contributed by atoms with van der Waals surface area (Å²) in [5.74, 6) is 2.15. The Morgan fingerprint density at radius 1 is 1.00 bits per heavy atom. The van der Waals surface area contributed by atoms with E-state index in [9.17, 15) is 0 Å². The Labute approximate surface area is 72.9 Å². The lowest BCUT2D eigenvalue weighted by Gasteiger charge is -2.11. The molecule has 1 aliphatic heterocycles. The Morgan fingerprint density at radius 2 is 1.83 bits per heavy atom. The molecular formula is C10H10BN. The van der Waals surface area contributed by atoms with Gasteiger partial charge in [0, 0.05) is 0 Å². The van der Waals surface area contributed by atoms with Crippen molar-refractivity contribution >= 4 is 12.3 Å². The summed E-state index contributed by atoms with van der Waals surface area (Å²) in [6, 6.07) is 10.4. The molecule has 0 atom stereocenters. The summed E-state index contributed by atoms with van der Waals surface area (Å²) in [5.41, 5.74) is 1.30. The molecule has 58 valence electrons. The van der Waals surface area contributed by atoms with Crippen molar-refractivity contribution < 1.29 is 0 Å². The summed E-state index contributed by atoms with van der Waals surface area (Å²) in [5, 5.41) is 3.27.